The molecule has 0 aliphatic carbocycles. The van der Waals surface area contributed by atoms with Crippen LogP contribution in [0.25, 0.3) is 11.5 Å². The van der Waals surface area contributed by atoms with Gasteiger partial charge in [-0.25, -0.2) is 14.6 Å². The number of aliphatic carboxylic acids is 1. The van der Waals surface area contributed by atoms with Gasteiger partial charge in [0.25, 0.3) is 0 Å². The van der Waals surface area contributed by atoms with Crippen molar-refractivity contribution in [2.24, 2.45) is 11.8 Å². The number of carboxylic acid groups (broad SMARTS) is 1. The average Bonchev–Trinajstić information content (AvgIpc) is 3.79. The third kappa shape index (κ3) is 13.0. The van der Waals surface area contributed by atoms with Gasteiger partial charge in [0.2, 0.25) is 17.7 Å². The number of ether oxygens (including phenoxy) is 4. The molecule has 75 heavy (non-hydrogen) atoms. The van der Waals surface area contributed by atoms with Gasteiger partial charge in [-0.2, -0.15) is 0 Å². The Labute approximate surface area is 439 Å². The molecule has 2 saturated heterocycles. The van der Waals surface area contributed by atoms with Gasteiger partial charge in [-0.1, -0.05) is 106 Å². The zero-order valence-corrected chi connectivity index (χ0v) is 43.8. The minimum atomic E-state index is -1.00. The Morgan fingerprint density at radius 1 is 0.627 bits per heavy atom. The molecular weight excluding hydrogens is 947 g/mol. The maximum atomic E-state index is 13.3. The molecule has 388 valence electrons. The SMILES string of the molecule is COc1ccc(N2C(=O)[C@@H](Cc3cccc(OCc4ccccc4)c3)[C@H]2C(=O)OC(C)(C)C)cc1.Cc1oc(-c2ccccc2)nc1CCOc1cccc(C[C@@H]2C(=O)N(c3ccc(C(C)(C)C)cc3)[C@@H]2C(=O)O)c1. The number of aryl methyl sites for hydroxylation is 1. The van der Waals surface area contributed by atoms with E-state index in [2.05, 4.69) is 25.8 Å². The molecule has 9 rings (SSSR count). The van der Waals surface area contributed by atoms with Crippen LogP contribution in [0.1, 0.15) is 75.3 Å². The summed E-state index contributed by atoms with van der Waals surface area (Å²) in [7, 11) is 1.58. The number of oxazole rings is 1. The molecular formula is C62H65N3O10. The average molecular weight is 1010 g/mol. The standard InChI is InChI=1S/C33H34N2O5.C29H31NO5/c1-21-28(34-30(40-21)23-10-6-5-7-11-23)17-18-39-26-12-8-9-22(19-26)20-27-29(32(37)38)35(31(27)36)25-15-13-24(14-16-25)33(2,3)4;1-29(2,3)35-28(32)26-25(27(31)30(26)22-13-15-23(33-4)16-14-22)18-21-11-8-12-24(17-21)34-19-20-9-6-5-7-10-20/h5-16,19,27,29H,17-18,20H2,1-4H3,(H,37,38);5-17,25-26H,18-19H2,1-4H3/t27-,29-;25-,26-/m00/s1. The number of β-lactam (4-membered cyclic amide) rings is 2. The molecule has 13 heteroatoms. The molecule has 2 aliphatic heterocycles. The third-order valence-electron chi connectivity index (χ3n) is 13.2. The van der Waals surface area contributed by atoms with Gasteiger partial charge in [0.15, 0.2) is 0 Å². The molecule has 7 aromatic rings. The summed E-state index contributed by atoms with van der Waals surface area (Å²) in [4.78, 5) is 59.2. The highest BCUT2D eigenvalue weighted by molar-refractivity contribution is 6.11. The van der Waals surface area contributed by atoms with Crippen LogP contribution in [-0.2, 0) is 55.2 Å². The Morgan fingerprint density at radius 2 is 1.15 bits per heavy atom. The van der Waals surface area contributed by atoms with Crippen LogP contribution in [0.15, 0.2) is 162 Å². The van der Waals surface area contributed by atoms with E-state index in [1.165, 1.54) is 9.80 Å². The number of rotatable bonds is 17. The second-order valence-electron chi connectivity index (χ2n) is 20.8. The van der Waals surface area contributed by atoms with Crippen LogP contribution >= 0.6 is 0 Å². The first-order valence-corrected chi connectivity index (χ1v) is 25.2. The van der Waals surface area contributed by atoms with E-state index in [1.807, 2.05) is 161 Å². The van der Waals surface area contributed by atoms with Crippen molar-refractivity contribution in [1.82, 2.24) is 4.98 Å². The maximum absolute atomic E-state index is 13.3. The summed E-state index contributed by atoms with van der Waals surface area (Å²) >= 11 is 0. The van der Waals surface area contributed by atoms with Crippen molar-refractivity contribution < 1.29 is 47.6 Å². The van der Waals surface area contributed by atoms with Crippen molar-refractivity contribution >= 4 is 35.1 Å². The molecule has 0 bridgehead atoms. The van der Waals surface area contributed by atoms with E-state index < -0.39 is 41.5 Å². The zero-order chi connectivity index (χ0) is 53.4. The molecule has 3 heterocycles. The summed E-state index contributed by atoms with van der Waals surface area (Å²) in [6.07, 6.45) is 1.32. The highest BCUT2D eigenvalue weighted by Crippen LogP contribution is 2.39. The predicted octanol–water partition coefficient (Wildman–Crippen LogP) is 11.4. The first-order chi connectivity index (χ1) is 35.9. The van der Waals surface area contributed by atoms with Gasteiger partial charge in [0, 0.05) is 23.4 Å². The monoisotopic (exact) mass is 1010 g/mol. The summed E-state index contributed by atoms with van der Waals surface area (Å²) in [6.45, 7) is 14.6. The maximum Gasteiger partial charge on any atom is 0.330 e. The van der Waals surface area contributed by atoms with Crippen LogP contribution in [0.4, 0.5) is 11.4 Å². The molecule has 2 aliphatic rings. The van der Waals surface area contributed by atoms with Crippen molar-refractivity contribution in [3.8, 4) is 28.7 Å². The van der Waals surface area contributed by atoms with Crippen LogP contribution in [0.2, 0.25) is 0 Å². The van der Waals surface area contributed by atoms with Crippen LogP contribution < -0.4 is 24.0 Å². The van der Waals surface area contributed by atoms with E-state index in [-0.39, 0.29) is 17.2 Å². The molecule has 13 nitrogen and oxygen atoms in total. The summed E-state index contributed by atoms with van der Waals surface area (Å²) < 4.78 is 28.7. The predicted molar refractivity (Wildman–Crippen MR) is 288 cm³/mol. The number of anilines is 2. The fourth-order valence-electron chi connectivity index (χ4n) is 9.25. The van der Waals surface area contributed by atoms with Crippen molar-refractivity contribution in [2.45, 2.75) is 97.4 Å². The molecule has 0 spiro atoms. The summed E-state index contributed by atoms with van der Waals surface area (Å²) in [6, 6.07) is 47.9. The summed E-state index contributed by atoms with van der Waals surface area (Å²) in [5, 5.41) is 9.96. The Bertz CT molecular complexity index is 3090. The molecule has 1 N–H and O–H groups in total. The number of carbonyl (C=O) groups is 4. The van der Waals surface area contributed by atoms with Gasteiger partial charge in [-0.3, -0.25) is 19.4 Å². The lowest BCUT2D eigenvalue weighted by Crippen LogP contribution is -2.66. The van der Waals surface area contributed by atoms with Gasteiger partial charge >= 0.3 is 11.9 Å². The van der Waals surface area contributed by atoms with E-state index in [9.17, 15) is 24.3 Å². The van der Waals surface area contributed by atoms with Crippen molar-refractivity contribution in [1.29, 1.82) is 0 Å². The Morgan fingerprint density at radius 3 is 1.69 bits per heavy atom. The minimum absolute atomic E-state index is 0.0295. The van der Waals surface area contributed by atoms with Gasteiger partial charge in [0.05, 0.1) is 31.2 Å². The van der Waals surface area contributed by atoms with E-state index in [0.717, 1.165) is 45.0 Å². The number of hydrogen-bond donors (Lipinski definition) is 1. The molecule has 2 amide bonds. The summed E-state index contributed by atoms with van der Waals surface area (Å²) in [5.74, 6) is 0.558. The molecule has 4 atom stereocenters. The molecule has 2 fully saturated rings. The Kier molecular flexibility index (Phi) is 16.2. The number of aromatic nitrogens is 1. The van der Waals surface area contributed by atoms with Crippen LogP contribution in [-0.4, -0.2) is 65.2 Å². The largest absolute Gasteiger partial charge is 0.497 e. The van der Waals surface area contributed by atoms with Gasteiger partial charge in [-0.05, 0) is 141 Å². The lowest BCUT2D eigenvalue weighted by molar-refractivity contribution is -0.163. The molecule has 1 aromatic heterocycles. The smallest absolute Gasteiger partial charge is 0.330 e. The van der Waals surface area contributed by atoms with Gasteiger partial charge in [0.1, 0.15) is 47.3 Å². The zero-order valence-electron chi connectivity index (χ0n) is 43.8. The number of carboxylic acids is 1. The molecule has 0 radical (unpaired) electrons. The Balaban J connectivity index is 0.000000201. The second kappa shape index (κ2) is 22.9. The number of nitrogens with zero attached hydrogens (tertiary/aromatic N) is 3. The lowest BCUT2D eigenvalue weighted by Gasteiger charge is -2.46. The van der Waals surface area contributed by atoms with E-state index in [4.69, 9.17) is 23.4 Å². The van der Waals surface area contributed by atoms with Crippen LogP contribution in [0.5, 0.6) is 17.2 Å². The number of esters is 1. The number of methoxy groups -OCH3 is 1. The molecule has 0 unspecified atom stereocenters. The Hall–Kier alpha value is -8.19. The lowest BCUT2D eigenvalue weighted by atomic mass is 9.81. The fourth-order valence-corrected chi connectivity index (χ4v) is 9.25. The quantitative estimate of drug-likeness (QED) is 0.0684. The minimum Gasteiger partial charge on any atom is -0.497 e. The number of carbonyl (C=O) groups excluding carboxylic acids is 3. The van der Waals surface area contributed by atoms with Crippen LogP contribution in [0.3, 0.4) is 0 Å². The van der Waals surface area contributed by atoms with E-state index >= 15 is 0 Å². The highest BCUT2D eigenvalue weighted by Gasteiger charge is 2.54. The first-order valence-electron chi connectivity index (χ1n) is 25.2. The van der Waals surface area contributed by atoms with Crippen molar-refractivity contribution in [3.63, 3.8) is 0 Å². The van der Waals surface area contributed by atoms with Crippen molar-refractivity contribution in [2.75, 3.05) is 23.5 Å². The fraction of sp³-hybridized carbons (Fsp3) is 0.306. The van der Waals surface area contributed by atoms with E-state index in [0.29, 0.717) is 61.2 Å². The number of benzene rings is 6. The molecule has 6 aromatic carbocycles. The van der Waals surface area contributed by atoms with Gasteiger partial charge in [-0.15, -0.1) is 0 Å². The second-order valence-corrected chi connectivity index (χ2v) is 20.8. The van der Waals surface area contributed by atoms with Gasteiger partial charge < -0.3 is 28.5 Å². The third-order valence-corrected chi connectivity index (χ3v) is 13.2. The topological polar surface area (TPSA) is 158 Å². The first kappa shape index (κ1) is 53.1. The van der Waals surface area contributed by atoms with E-state index in [1.54, 1.807) is 31.4 Å². The number of amides is 2. The summed E-state index contributed by atoms with van der Waals surface area (Å²) in [5.41, 5.74) is 6.32. The van der Waals surface area contributed by atoms with Crippen LogP contribution in [0, 0.1) is 18.8 Å². The van der Waals surface area contributed by atoms with Crippen molar-refractivity contribution in [3.05, 3.63) is 191 Å². The number of hydrogen-bond acceptors (Lipinski definition) is 10. The molecule has 0 saturated carbocycles. The normalized spacial score (nSPS) is 17.2. The highest BCUT2D eigenvalue weighted by atomic mass is 16.6.